The van der Waals surface area contributed by atoms with E-state index >= 15 is 0 Å². The molecule has 0 bridgehead atoms. The zero-order valence-electron chi connectivity index (χ0n) is 15.0. The average molecular weight is 310 g/mol. The van der Waals surface area contributed by atoms with Crippen LogP contribution in [0.25, 0.3) is 0 Å². The fraction of sp³-hybridized carbons (Fsp3) is 0.842. The summed E-state index contributed by atoms with van der Waals surface area (Å²) in [5.41, 5.74) is -0.656. The summed E-state index contributed by atoms with van der Waals surface area (Å²) in [6.45, 7) is 8.91. The number of ether oxygens (including phenoxy) is 2. The number of rotatable bonds is 12. The van der Waals surface area contributed by atoms with Gasteiger partial charge in [0.05, 0.1) is 6.61 Å². The first-order valence-electron chi connectivity index (χ1n) is 9.18. The first kappa shape index (κ1) is 19.1. The Morgan fingerprint density at radius 1 is 0.955 bits per heavy atom. The molecular formula is C19H34O3. The highest BCUT2D eigenvalue weighted by Gasteiger charge is 2.47. The molecule has 0 aromatic heterocycles. The minimum atomic E-state index is -0.656. The minimum Gasteiger partial charge on any atom is -0.487 e. The Labute approximate surface area is 136 Å². The number of Topliss-reactive ketones (excluding diaryl/α,β-unsaturated/α-hetero) is 1. The first-order valence-corrected chi connectivity index (χ1v) is 9.18. The monoisotopic (exact) mass is 310 g/mol. The van der Waals surface area contributed by atoms with Crippen LogP contribution in [-0.2, 0) is 14.3 Å². The zero-order valence-corrected chi connectivity index (χ0v) is 15.0. The number of carbonyl (C=O) groups excluding carboxylic acids is 1. The normalized spacial score (nSPS) is 21.4. The van der Waals surface area contributed by atoms with Crippen LogP contribution < -0.4 is 0 Å². The highest BCUT2D eigenvalue weighted by atomic mass is 16.6. The van der Waals surface area contributed by atoms with E-state index in [-0.39, 0.29) is 5.78 Å². The number of allylic oxidation sites excluding steroid dienone is 1. The first-order chi connectivity index (χ1) is 10.6. The molecule has 0 radical (unpaired) electrons. The number of hydrogen-bond acceptors (Lipinski definition) is 3. The van der Waals surface area contributed by atoms with Crippen molar-refractivity contribution in [3.05, 3.63) is 11.5 Å². The predicted octanol–water partition coefficient (Wildman–Crippen LogP) is 5.53. The van der Waals surface area contributed by atoms with E-state index in [1.807, 2.05) is 13.8 Å². The van der Waals surface area contributed by atoms with Gasteiger partial charge in [-0.15, -0.1) is 0 Å². The lowest BCUT2D eigenvalue weighted by Crippen LogP contribution is -2.37. The van der Waals surface area contributed by atoms with Gasteiger partial charge in [-0.3, -0.25) is 4.79 Å². The molecule has 0 spiro atoms. The minimum absolute atomic E-state index is 0.0690. The smallest absolute Gasteiger partial charge is 0.244 e. The van der Waals surface area contributed by atoms with Gasteiger partial charge < -0.3 is 9.47 Å². The van der Waals surface area contributed by atoms with Gasteiger partial charge in [0.25, 0.3) is 0 Å². The van der Waals surface area contributed by atoms with Crippen molar-refractivity contribution in [2.24, 2.45) is 0 Å². The third kappa shape index (κ3) is 5.03. The van der Waals surface area contributed by atoms with Gasteiger partial charge in [0, 0.05) is 0 Å². The molecular weight excluding hydrogens is 276 g/mol. The second kappa shape index (κ2) is 9.91. The Morgan fingerprint density at radius 3 is 2.18 bits per heavy atom. The maximum atomic E-state index is 12.7. The molecule has 3 nitrogen and oxygen atoms in total. The molecule has 22 heavy (non-hydrogen) atoms. The van der Waals surface area contributed by atoms with Crippen molar-refractivity contribution >= 4 is 5.78 Å². The van der Waals surface area contributed by atoms with Gasteiger partial charge in [-0.1, -0.05) is 59.3 Å². The van der Waals surface area contributed by atoms with Crippen molar-refractivity contribution in [1.29, 1.82) is 0 Å². The molecule has 1 rings (SSSR count). The van der Waals surface area contributed by atoms with Crippen molar-refractivity contribution in [3.63, 3.8) is 0 Å². The summed E-state index contributed by atoms with van der Waals surface area (Å²) in [5, 5.41) is 0. The average Bonchev–Trinajstić information content (AvgIpc) is 2.76. The molecule has 0 aromatic carbocycles. The highest BCUT2D eigenvalue weighted by Crippen LogP contribution is 2.37. The molecule has 1 aliphatic rings. The Hall–Kier alpha value is -0.990. The summed E-state index contributed by atoms with van der Waals surface area (Å²) in [7, 11) is 0. The van der Waals surface area contributed by atoms with Crippen molar-refractivity contribution in [2.75, 3.05) is 6.61 Å². The summed E-state index contributed by atoms with van der Waals surface area (Å²) < 4.78 is 11.8. The fourth-order valence-electron chi connectivity index (χ4n) is 3.03. The van der Waals surface area contributed by atoms with E-state index in [9.17, 15) is 4.79 Å². The number of carbonyl (C=O) groups is 1. The molecule has 0 amide bonds. The van der Waals surface area contributed by atoms with Gasteiger partial charge in [-0.25, -0.2) is 0 Å². The standard InChI is InChI=1S/C19H34O3/c1-5-8-10-12-14-19(7-3)18(20)17(16(4)22-19)21-15-13-11-9-6-2/h5-15H2,1-4H3. The molecule has 0 aliphatic carbocycles. The maximum Gasteiger partial charge on any atom is 0.244 e. The quantitative estimate of drug-likeness (QED) is 0.444. The van der Waals surface area contributed by atoms with Crippen LogP contribution in [0.5, 0.6) is 0 Å². The van der Waals surface area contributed by atoms with Crippen LogP contribution in [0.1, 0.15) is 91.9 Å². The molecule has 0 fully saturated rings. The third-order valence-electron chi connectivity index (χ3n) is 4.54. The molecule has 0 aromatic rings. The number of unbranched alkanes of at least 4 members (excludes halogenated alkanes) is 6. The largest absolute Gasteiger partial charge is 0.487 e. The number of hydrogen-bond donors (Lipinski definition) is 0. The molecule has 0 saturated heterocycles. The van der Waals surface area contributed by atoms with Crippen LogP contribution in [0, 0.1) is 0 Å². The Balaban J connectivity index is 2.50. The summed E-state index contributed by atoms with van der Waals surface area (Å²) >= 11 is 0. The van der Waals surface area contributed by atoms with E-state index in [0.717, 1.165) is 32.1 Å². The van der Waals surface area contributed by atoms with E-state index in [1.54, 1.807) is 0 Å². The SMILES string of the molecule is CCCCCCOC1=C(C)OC(CC)(CCCCCC)C1=O. The summed E-state index contributed by atoms with van der Waals surface area (Å²) in [6.07, 6.45) is 10.8. The summed E-state index contributed by atoms with van der Waals surface area (Å²) in [4.78, 5) is 12.7. The lowest BCUT2D eigenvalue weighted by atomic mass is 9.89. The Kier molecular flexibility index (Phi) is 8.59. The predicted molar refractivity (Wildman–Crippen MR) is 90.7 cm³/mol. The van der Waals surface area contributed by atoms with Gasteiger partial charge in [0.15, 0.2) is 5.60 Å². The Morgan fingerprint density at radius 2 is 1.59 bits per heavy atom. The molecule has 1 heterocycles. The lowest BCUT2D eigenvalue weighted by molar-refractivity contribution is -0.134. The van der Waals surface area contributed by atoms with E-state index in [0.29, 0.717) is 18.1 Å². The maximum absolute atomic E-state index is 12.7. The molecule has 1 atom stereocenters. The van der Waals surface area contributed by atoms with Crippen molar-refractivity contribution in [3.8, 4) is 0 Å². The molecule has 0 saturated carbocycles. The number of ketones is 1. The molecule has 3 heteroatoms. The zero-order chi connectivity index (χ0) is 16.4. The summed E-state index contributed by atoms with van der Waals surface area (Å²) in [6, 6.07) is 0. The summed E-state index contributed by atoms with van der Waals surface area (Å²) in [5.74, 6) is 1.23. The van der Waals surface area contributed by atoms with Crippen LogP contribution in [0.15, 0.2) is 11.5 Å². The van der Waals surface area contributed by atoms with Gasteiger partial charge in [0.1, 0.15) is 5.76 Å². The van der Waals surface area contributed by atoms with E-state index in [1.165, 1.54) is 32.1 Å². The van der Waals surface area contributed by atoms with E-state index in [2.05, 4.69) is 13.8 Å². The molecule has 128 valence electrons. The fourth-order valence-corrected chi connectivity index (χ4v) is 3.03. The lowest BCUT2D eigenvalue weighted by Gasteiger charge is -2.26. The second-order valence-corrected chi connectivity index (χ2v) is 6.38. The molecule has 1 unspecified atom stereocenters. The van der Waals surface area contributed by atoms with Gasteiger partial charge in [-0.05, 0) is 32.6 Å². The van der Waals surface area contributed by atoms with Crippen LogP contribution in [0.3, 0.4) is 0 Å². The van der Waals surface area contributed by atoms with E-state index in [4.69, 9.17) is 9.47 Å². The van der Waals surface area contributed by atoms with Crippen molar-refractivity contribution in [2.45, 2.75) is 97.5 Å². The van der Waals surface area contributed by atoms with Crippen molar-refractivity contribution in [1.82, 2.24) is 0 Å². The van der Waals surface area contributed by atoms with Crippen molar-refractivity contribution < 1.29 is 14.3 Å². The molecule has 0 N–H and O–H groups in total. The van der Waals surface area contributed by atoms with Crippen LogP contribution in [0.4, 0.5) is 0 Å². The van der Waals surface area contributed by atoms with Gasteiger partial charge >= 0.3 is 0 Å². The second-order valence-electron chi connectivity index (χ2n) is 6.38. The van der Waals surface area contributed by atoms with Crippen LogP contribution in [0.2, 0.25) is 0 Å². The van der Waals surface area contributed by atoms with Crippen LogP contribution in [-0.4, -0.2) is 18.0 Å². The topological polar surface area (TPSA) is 35.5 Å². The Bertz CT molecular complexity index is 373. The highest BCUT2D eigenvalue weighted by molar-refractivity contribution is 6.02. The molecule has 1 aliphatic heterocycles. The third-order valence-corrected chi connectivity index (χ3v) is 4.54. The van der Waals surface area contributed by atoms with E-state index < -0.39 is 5.60 Å². The van der Waals surface area contributed by atoms with Crippen LogP contribution >= 0.6 is 0 Å². The van der Waals surface area contributed by atoms with Gasteiger partial charge in [-0.2, -0.15) is 0 Å². The van der Waals surface area contributed by atoms with Gasteiger partial charge in [0.2, 0.25) is 11.5 Å².